The Labute approximate surface area is 96.2 Å². The molecular weight excluding hydrogens is 250 g/mol. The molecule has 0 fully saturated rings. The van der Waals surface area contributed by atoms with Gasteiger partial charge in [0.05, 0.1) is 6.20 Å². The highest BCUT2D eigenvalue weighted by Crippen LogP contribution is 2.26. The number of sulfone groups is 1. The number of hydrogen-bond donors (Lipinski definition) is 1. The van der Waals surface area contributed by atoms with Crippen LogP contribution in [0.4, 0.5) is 8.78 Å². The fraction of sp³-hybridized carbons (Fsp3) is 0.100. The Kier molecular flexibility index (Phi) is 2.70. The summed E-state index contributed by atoms with van der Waals surface area (Å²) in [6.45, 7) is 0. The molecule has 0 atom stereocenters. The van der Waals surface area contributed by atoms with Gasteiger partial charge in [-0.15, -0.1) is 0 Å². The maximum Gasteiger partial charge on any atom is 0.192 e. The Balaban J connectivity index is 2.66. The molecule has 2 rings (SSSR count). The third-order valence-electron chi connectivity index (χ3n) is 2.15. The van der Waals surface area contributed by atoms with Crippen molar-refractivity contribution in [3.63, 3.8) is 0 Å². The highest BCUT2D eigenvalue weighted by molar-refractivity contribution is 7.90. The smallest absolute Gasteiger partial charge is 0.192 e. The molecule has 1 aromatic heterocycles. The monoisotopic (exact) mass is 258 g/mol. The van der Waals surface area contributed by atoms with Crippen molar-refractivity contribution in [2.45, 2.75) is 5.03 Å². The quantitative estimate of drug-likeness (QED) is 0.892. The number of aromatic nitrogens is 2. The lowest BCUT2D eigenvalue weighted by atomic mass is 10.1. The molecule has 1 heterocycles. The predicted octanol–water partition coefficient (Wildman–Crippen LogP) is 1.76. The second-order valence-electron chi connectivity index (χ2n) is 3.54. The fourth-order valence-corrected chi connectivity index (χ4v) is 2.26. The van der Waals surface area contributed by atoms with Gasteiger partial charge in [0.25, 0.3) is 0 Å². The zero-order valence-corrected chi connectivity index (χ0v) is 9.55. The first-order valence-corrected chi connectivity index (χ1v) is 6.47. The van der Waals surface area contributed by atoms with Crippen molar-refractivity contribution >= 4 is 9.84 Å². The number of nitrogens with zero attached hydrogens (tertiary/aromatic N) is 1. The number of halogens is 2. The first-order valence-electron chi connectivity index (χ1n) is 4.58. The van der Waals surface area contributed by atoms with Crippen LogP contribution >= 0.6 is 0 Å². The second-order valence-corrected chi connectivity index (χ2v) is 5.50. The molecule has 7 heteroatoms. The van der Waals surface area contributed by atoms with E-state index < -0.39 is 21.5 Å². The van der Waals surface area contributed by atoms with Crippen molar-refractivity contribution in [2.75, 3.05) is 6.26 Å². The van der Waals surface area contributed by atoms with E-state index in [4.69, 9.17) is 0 Å². The number of hydrogen-bond acceptors (Lipinski definition) is 3. The Morgan fingerprint density at radius 1 is 1.18 bits per heavy atom. The van der Waals surface area contributed by atoms with Crippen LogP contribution in [-0.4, -0.2) is 24.9 Å². The molecule has 0 spiro atoms. The molecule has 0 aliphatic heterocycles. The lowest BCUT2D eigenvalue weighted by Crippen LogP contribution is -1.99. The van der Waals surface area contributed by atoms with Crippen LogP contribution in [0.15, 0.2) is 29.4 Å². The number of H-pyrrole nitrogens is 1. The lowest BCUT2D eigenvalue weighted by Gasteiger charge is -2.02. The van der Waals surface area contributed by atoms with Gasteiger partial charge in [0.15, 0.2) is 14.9 Å². The average molecular weight is 258 g/mol. The predicted molar refractivity (Wildman–Crippen MR) is 57.0 cm³/mol. The molecule has 1 N–H and O–H groups in total. The summed E-state index contributed by atoms with van der Waals surface area (Å²) in [5.41, 5.74) is 0.266. The van der Waals surface area contributed by atoms with Gasteiger partial charge in [-0.25, -0.2) is 17.2 Å². The van der Waals surface area contributed by atoms with Crippen LogP contribution in [0.1, 0.15) is 0 Å². The second kappa shape index (κ2) is 3.92. The third-order valence-corrected chi connectivity index (χ3v) is 3.20. The maximum absolute atomic E-state index is 13.0. The molecule has 0 amide bonds. The summed E-state index contributed by atoms with van der Waals surface area (Å²) in [4.78, 5) is 0. The lowest BCUT2D eigenvalue weighted by molar-refractivity contribution is 0.583. The van der Waals surface area contributed by atoms with Gasteiger partial charge in [0.2, 0.25) is 0 Å². The zero-order valence-electron chi connectivity index (χ0n) is 8.74. The van der Waals surface area contributed by atoms with Gasteiger partial charge < -0.3 is 0 Å². The number of nitrogens with one attached hydrogen (secondary N) is 1. The van der Waals surface area contributed by atoms with E-state index in [-0.39, 0.29) is 16.2 Å². The van der Waals surface area contributed by atoms with Gasteiger partial charge in [-0.05, 0) is 17.7 Å². The molecule has 0 bridgehead atoms. The van der Waals surface area contributed by atoms with Crippen molar-refractivity contribution in [1.29, 1.82) is 0 Å². The molecule has 0 saturated carbocycles. The van der Waals surface area contributed by atoms with Gasteiger partial charge in [-0.1, -0.05) is 0 Å². The van der Waals surface area contributed by atoms with E-state index in [9.17, 15) is 17.2 Å². The van der Waals surface area contributed by atoms with E-state index >= 15 is 0 Å². The summed E-state index contributed by atoms with van der Waals surface area (Å²) in [5.74, 6) is -1.55. The summed E-state index contributed by atoms with van der Waals surface area (Å²) in [6, 6.07) is 2.80. The molecule has 0 saturated heterocycles. The van der Waals surface area contributed by atoms with E-state index in [0.29, 0.717) is 6.07 Å². The van der Waals surface area contributed by atoms with Crippen LogP contribution in [-0.2, 0) is 9.84 Å². The van der Waals surface area contributed by atoms with Crippen LogP contribution in [0.5, 0.6) is 0 Å². The minimum atomic E-state index is -3.53. The summed E-state index contributed by atoms with van der Waals surface area (Å²) < 4.78 is 48.9. The molecule has 0 unspecified atom stereocenters. The molecule has 17 heavy (non-hydrogen) atoms. The molecule has 0 radical (unpaired) electrons. The molecule has 2 aromatic rings. The van der Waals surface area contributed by atoms with Gasteiger partial charge in [0, 0.05) is 17.9 Å². The van der Waals surface area contributed by atoms with E-state index in [1.807, 2.05) is 0 Å². The summed E-state index contributed by atoms with van der Waals surface area (Å²) in [7, 11) is -3.53. The van der Waals surface area contributed by atoms with Crippen molar-refractivity contribution in [2.24, 2.45) is 0 Å². The standard InChI is InChI=1S/C10H8F2N2O2S/c1-17(15,16)10-9(5-13-14-10)6-2-7(11)4-8(12)3-6/h2-5H,1H3,(H,13,14). The fourth-order valence-electron chi connectivity index (χ4n) is 1.47. The van der Waals surface area contributed by atoms with Crippen LogP contribution in [0, 0.1) is 11.6 Å². The van der Waals surface area contributed by atoms with Crippen LogP contribution in [0.2, 0.25) is 0 Å². The molecule has 4 nitrogen and oxygen atoms in total. The topological polar surface area (TPSA) is 62.8 Å². The Bertz CT molecular complexity index is 644. The van der Waals surface area contributed by atoms with Crippen LogP contribution < -0.4 is 0 Å². The highest BCUT2D eigenvalue weighted by Gasteiger charge is 2.17. The van der Waals surface area contributed by atoms with Crippen LogP contribution in [0.3, 0.4) is 0 Å². The SMILES string of the molecule is CS(=O)(=O)c1[nH]ncc1-c1cc(F)cc(F)c1. The Hall–Kier alpha value is -1.76. The first kappa shape index (κ1) is 11.7. The Morgan fingerprint density at radius 3 is 2.29 bits per heavy atom. The summed E-state index contributed by atoms with van der Waals surface area (Å²) >= 11 is 0. The van der Waals surface area contributed by atoms with E-state index in [1.54, 1.807) is 0 Å². The van der Waals surface area contributed by atoms with E-state index in [1.165, 1.54) is 6.20 Å². The minimum Gasteiger partial charge on any atom is -0.267 e. The first-order chi connectivity index (χ1) is 7.88. The van der Waals surface area contributed by atoms with Gasteiger partial charge >= 0.3 is 0 Å². The molecule has 0 aliphatic carbocycles. The molecule has 1 aromatic carbocycles. The number of aromatic amines is 1. The normalized spacial score (nSPS) is 11.7. The van der Waals surface area contributed by atoms with Crippen molar-refractivity contribution in [1.82, 2.24) is 10.2 Å². The van der Waals surface area contributed by atoms with Crippen molar-refractivity contribution < 1.29 is 17.2 Å². The number of rotatable bonds is 2. The van der Waals surface area contributed by atoms with Gasteiger partial charge in [-0.3, -0.25) is 5.10 Å². The maximum atomic E-state index is 13.0. The molecule has 90 valence electrons. The van der Waals surface area contributed by atoms with Gasteiger partial charge in [-0.2, -0.15) is 5.10 Å². The Morgan fingerprint density at radius 2 is 1.76 bits per heavy atom. The van der Waals surface area contributed by atoms with E-state index in [2.05, 4.69) is 10.2 Å². The van der Waals surface area contributed by atoms with Crippen LogP contribution in [0.25, 0.3) is 11.1 Å². The highest BCUT2D eigenvalue weighted by atomic mass is 32.2. The zero-order chi connectivity index (χ0) is 12.6. The van der Waals surface area contributed by atoms with Gasteiger partial charge in [0.1, 0.15) is 11.6 Å². The summed E-state index contributed by atoms with van der Waals surface area (Å²) in [5, 5.41) is 5.71. The molecular formula is C10H8F2N2O2S. The molecule has 0 aliphatic rings. The largest absolute Gasteiger partial charge is 0.267 e. The van der Waals surface area contributed by atoms with Crippen molar-refractivity contribution in [3.8, 4) is 11.1 Å². The third kappa shape index (κ3) is 2.33. The minimum absolute atomic E-state index is 0.122. The summed E-state index contributed by atoms with van der Waals surface area (Å²) in [6.07, 6.45) is 2.20. The number of benzene rings is 1. The van der Waals surface area contributed by atoms with E-state index in [0.717, 1.165) is 18.4 Å². The average Bonchev–Trinajstić information content (AvgIpc) is 2.63. The van der Waals surface area contributed by atoms with Crippen molar-refractivity contribution in [3.05, 3.63) is 36.0 Å².